The van der Waals surface area contributed by atoms with Gasteiger partial charge in [0, 0.05) is 34.0 Å². The molecule has 2 nitrogen and oxygen atoms in total. The van der Waals surface area contributed by atoms with Crippen LogP contribution in [0.5, 0.6) is 0 Å². The highest BCUT2D eigenvalue weighted by atomic mass is 35.5. The van der Waals surface area contributed by atoms with Gasteiger partial charge < -0.3 is 4.90 Å². The van der Waals surface area contributed by atoms with Crippen molar-refractivity contribution in [3.05, 3.63) is 56.5 Å². The average molecular weight is 465 g/mol. The van der Waals surface area contributed by atoms with E-state index in [1.807, 2.05) is 35.2 Å². The second kappa shape index (κ2) is 9.30. The quantitative estimate of drug-likeness (QED) is 0.327. The number of rotatable bonds is 7. The summed E-state index contributed by atoms with van der Waals surface area (Å²) < 4.78 is 3.71. The number of aromatic nitrogens is 1. The van der Waals surface area contributed by atoms with Gasteiger partial charge in [0.25, 0.3) is 5.01 Å². The minimum Gasteiger partial charge on any atom is -0.335 e. The molecule has 0 bridgehead atoms. The zero-order chi connectivity index (χ0) is 20.4. The summed E-state index contributed by atoms with van der Waals surface area (Å²) in [4.78, 5) is 3.71. The van der Waals surface area contributed by atoms with Crippen LogP contribution >= 0.6 is 46.3 Å². The Labute approximate surface area is 191 Å². The Morgan fingerprint density at radius 1 is 1.00 bits per heavy atom. The number of thioether (sulfide) groups is 1. The molecule has 1 aromatic heterocycles. The van der Waals surface area contributed by atoms with Gasteiger partial charge in [0.05, 0.1) is 16.8 Å². The van der Waals surface area contributed by atoms with Crippen LogP contribution in [-0.4, -0.2) is 6.54 Å². The van der Waals surface area contributed by atoms with Crippen molar-refractivity contribution in [2.24, 2.45) is 0 Å². The zero-order valence-corrected chi connectivity index (χ0v) is 19.9. The Kier molecular flexibility index (Phi) is 6.75. The van der Waals surface area contributed by atoms with Gasteiger partial charge in [-0.3, -0.25) is 0 Å². The molecule has 0 aliphatic carbocycles. The number of benzene rings is 2. The summed E-state index contributed by atoms with van der Waals surface area (Å²) >= 11 is 16.3. The molecule has 0 saturated carbocycles. The van der Waals surface area contributed by atoms with E-state index in [0.717, 1.165) is 36.0 Å². The van der Waals surface area contributed by atoms with Crippen molar-refractivity contribution in [2.45, 2.75) is 51.0 Å². The smallest absolute Gasteiger partial charge is 0.265 e. The SMILES string of the molecule is CCCCN1/C(=C\c2sc3ccc(Cl)cc3[n+]2CCCC)Sc2ccc(Cl)cc21. The van der Waals surface area contributed by atoms with Crippen molar-refractivity contribution in [3.63, 3.8) is 0 Å². The second-order valence-corrected chi connectivity index (χ2v) is 10.3. The third-order valence-electron chi connectivity index (χ3n) is 5.10. The molecule has 29 heavy (non-hydrogen) atoms. The number of hydrogen-bond donors (Lipinski definition) is 0. The molecule has 0 atom stereocenters. The van der Waals surface area contributed by atoms with Crippen LogP contribution in [0.1, 0.15) is 44.5 Å². The first-order chi connectivity index (χ1) is 14.1. The van der Waals surface area contributed by atoms with Gasteiger partial charge in [-0.15, -0.1) is 0 Å². The predicted octanol–water partition coefficient (Wildman–Crippen LogP) is 8.01. The van der Waals surface area contributed by atoms with E-state index < -0.39 is 0 Å². The van der Waals surface area contributed by atoms with Gasteiger partial charge >= 0.3 is 0 Å². The maximum absolute atomic E-state index is 6.31. The van der Waals surface area contributed by atoms with Crippen LogP contribution in [-0.2, 0) is 6.54 Å². The van der Waals surface area contributed by atoms with Crippen molar-refractivity contribution in [3.8, 4) is 0 Å². The summed E-state index contributed by atoms with van der Waals surface area (Å²) in [6.45, 7) is 6.49. The molecule has 2 heterocycles. The van der Waals surface area contributed by atoms with Crippen LogP contribution < -0.4 is 9.47 Å². The molecule has 6 heteroatoms. The summed E-state index contributed by atoms with van der Waals surface area (Å²) in [5.74, 6) is 0. The van der Waals surface area contributed by atoms with E-state index in [1.165, 1.54) is 43.7 Å². The first kappa shape index (κ1) is 21.0. The normalized spacial score (nSPS) is 14.9. The fraction of sp³-hybridized carbons (Fsp3) is 0.348. The van der Waals surface area contributed by atoms with Crippen molar-refractivity contribution in [2.75, 3.05) is 11.4 Å². The van der Waals surface area contributed by atoms with Gasteiger partial charge in [0.15, 0.2) is 6.54 Å². The summed E-state index contributed by atoms with van der Waals surface area (Å²) in [5.41, 5.74) is 2.46. The highest BCUT2D eigenvalue weighted by molar-refractivity contribution is 8.03. The molecule has 0 spiro atoms. The largest absolute Gasteiger partial charge is 0.335 e. The van der Waals surface area contributed by atoms with Crippen molar-refractivity contribution < 1.29 is 4.57 Å². The third-order valence-corrected chi connectivity index (χ3v) is 7.80. The predicted molar refractivity (Wildman–Crippen MR) is 129 cm³/mol. The molecule has 0 radical (unpaired) electrons. The Morgan fingerprint density at radius 3 is 2.55 bits per heavy atom. The molecule has 1 aliphatic heterocycles. The molecule has 0 unspecified atom stereocenters. The van der Waals surface area contributed by atoms with Crippen molar-refractivity contribution in [1.29, 1.82) is 0 Å². The van der Waals surface area contributed by atoms with Gasteiger partial charge in [0.2, 0.25) is 5.52 Å². The molecule has 3 aromatic rings. The summed E-state index contributed by atoms with van der Waals surface area (Å²) in [6.07, 6.45) is 7.00. The van der Waals surface area contributed by atoms with Crippen LogP contribution in [0.15, 0.2) is 46.3 Å². The monoisotopic (exact) mass is 463 g/mol. The number of hydrogen-bond acceptors (Lipinski definition) is 3. The number of halogens is 2. The minimum absolute atomic E-state index is 0.793. The van der Waals surface area contributed by atoms with Gasteiger partial charge in [-0.1, -0.05) is 73.0 Å². The molecule has 4 rings (SSSR count). The van der Waals surface area contributed by atoms with E-state index in [0.29, 0.717) is 0 Å². The maximum atomic E-state index is 6.31. The molecule has 2 aromatic carbocycles. The van der Waals surface area contributed by atoms with E-state index in [-0.39, 0.29) is 0 Å². The standard InChI is InChI=1S/C23H25Cl2N2S2/c1-3-5-11-26-18-13-16(24)7-9-20(18)28-22(26)15-23-27(12-6-4-2)19-14-17(25)8-10-21(19)29-23/h7-10,13-15H,3-6,11-12H2,1-2H3/q+1. The van der Waals surface area contributed by atoms with Gasteiger partial charge in [-0.05, 0) is 36.8 Å². The topological polar surface area (TPSA) is 7.12 Å². The molecule has 0 N–H and O–H groups in total. The second-order valence-electron chi connectivity index (χ2n) is 7.26. The zero-order valence-electron chi connectivity index (χ0n) is 16.8. The molecular weight excluding hydrogens is 439 g/mol. The molecule has 0 fully saturated rings. The molecule has 0 amide bonds. The van der Waals surface area contributed by atoms with E-state index in [9.17, 15) is 0 Å². The highest BCUT2D eigenvalue weighted by Gasteiger charge is 2.28. The fourth-order valence-corrected chi connectivity index (χ4v) is 6.18. The first-order valence-corrected chi connectivity index (χ1v) is 12.6. The summed E-state index contributed by atoms with van der Waals surface area (Å²) in [5, 5.41) is 4.14. The highest BCUT2D eigenvalue weighted by Crippen LogP contribution is 2.48. The van der Waals surface area contributed by atoms with Crippen LogP contribution in [0.25, 0.3) is 16.3 Å². The van der Waals surface area contributed by atoms with E-state index in [4.69, 9.17) is 23.2 Å². The van der Waals surface area contributed by atoms with Gasteiger partial charge in [0.1, 0.15) is 4.70 Å². The van der Waals surface area contributed by atoms with Gasteiger partial charge in [-0.25, -0.2) is 0 Å². The molecule has 152 valence electrons. The minimum atomic E-state index is 0.793. The third kappa shape index (κ3) is 4.46. The Hall–Kier alpha value is -1.20. The molecule has 1 aliphatic rings. The average Bonchev–Trinajstić information content (AvgIpc) is 3.21. The number of nitrogens with zero attached hydrogens (tertiary/aromatic N) is 2. The Bertz CT molecular complexity index is 1060. The number of unbranched alkanes of at least 4 members (excludes halogenated alkanes) is 2. The van der Waals surface area contributed by atoms with E-state index in [1.54, 1.807) is 0 Å². The number of fused-ring (bicyclic) bond motifs is 2. The number of anilines is 1. The Morgan fingerprint density at radius 2 is 1.76 bits per heavy atom. The van der Waals surface area contributed by atoms with Crippen molar-refractivity contribution in [1.82, 2.24) is 0 Å². The number of thiazole rings is 1. The van der Waals surface area contributed by atoms with Crippen LogP contribution in [0.3, 0.4) is 0 Å². The lowest BCUT2D eigenvalue weighted by molar-refractivity contribution is -0.669. The lowest BCUT2D eigenvalue weighted by atomic mass is 10.2. The summed E-state index contributed by atoms with van der Waals surface area (Å²) in [6, 6.07) is 12.4. The van der Waals surface area contributed by atoms with Crippen LogP contribution in [0.2, 0.25) is 10.0 Å². The molecular formula is C23H25Cl2N2S2+. The van der Waals surface area contributed by atoms with E-state index in [2.05, 4.69) is 53.7 Å². The maximum Gasteiger partial charge on any atom is 0.265 e. The Balaban J connectivity index is 1.78. The van der Waals surface area contributed by atoms with Gasteiger partial charge in [-0.2, -0.15) is 4.57 Å². The first-order valence-electron chi connectivity index (χ1n) is 10.2. The van der Waals surface area contributed by atoms with Crippen molar-refractivity contribution >= 4 is 68.3 Å². The van der Waals surface area contributed by atoms with E-state index >= 15 is 0 Å². The molecule has 0 saturated heterocycles. The lowest BCUT2D eigenvalue weighted by Gasteiger charge is -2.19. The lowest BCUT2D eigenvalue weighted by Crippen LogP contribution is -2.35. The van der Waals surface area contributed by atoms with Crippen LogP contribution in [0, 0.1) is 0 Å². The number of aryl methyl sites for hydroxylation is 1. The summed E-state index contributed by atoms with van der Waals surface area (Å²) in [7, 11) is 0. The fourth-order valence-electron chi connectivity index (χ4n) is 3.56. The van der Waals surface area contributed by atoms with Crippen LogP contribution in [0.4, 0.5) is 5.69 Å².